The molecule has 0 aliphatic rings. The molecule has 2 atom stereocenters. The topological polar surface area (TPSA) is 95.9 Å². The number of ether oxygens (including phenoxy) is 1. The Morgan fingerprint density at radius 3 is 0.988 bits per heavy atom. The van der Waals surface area contributed by atoms with Gasteiger partial charge in [0, 0.05) is 12.8 Å². The SMILES string of the molecule is CCCC/C=C\C/C=C\CCCCCCCC(=O)OCCCCCCCCCCCCC/C=C\C/C=C\CCCCCCCCCCCCCCCCCCCC(=O)NC(CO)C(O)/C=C/CCCCCCCCCCCCCC. The number of carbonyl (C=O) groups is 2. The maximum Gasteiger partial charge on any atom is 0.305 e. The number of rotatable bonds is 66. The van der Waals surface area contributed by atoms with Crippen molar-refractivity contribution < 1.29 is 24.5 Å². The zero-order valence-electron chi connectivity index (χ0n) is 53.6. The van der Waals surface area contributed by atoms with Crippen LogP contribution in [0.5, 0.6) is 0 Å². The number of carbonyl (C=O) groups excluding carboxylic acids is 2. The van der Waals surface area contributed by atoms with Gasteiger partial charge in [0.1, 0.15) is 0 Å². The van der Waals surface area contributed by atoms with Crippen LogP contribution >= 0.6 is 0 Å². The van der Waals surface area contributed by atoms with Gasteiger partial charge < -0.3 is 20.3 Å². The normalized spacial score (nSPS) is 12.9. The average molecular weight is 1120 g/mol. The lowest BCUT2D eigenvalue weighted by atomic mass is 10.0. The summed E-state index contributed by atoms with van der Waals surface area (Å²) in [6, 6.07) is -0.626. The summed E-state index contributed by atoms with van der Waals surface area (Å²) in [5.74, 6) is -0.0630. The van der Waals surface area contributed by atoms with Crippen molar-refractivity contribution in [2.45, 2.75) is 386 Å². The summed E-state index contributed by atoms with van der Waals surface area (Å²) >= 11 is 0. The Kier molecular flexibility index (Phi) is 66.9. The van der Waals surface area contributed by atoms with Gasteiger partial charge in [0.15, 0.2) is 0 Å². The third-order valence-corrected chi connectivity index (χ3v) is 16.3. The van der Waals surface area contributed by atoms with E-state index in [0.29, 0.717) is 19.4 Å². The maximum absolute atomic E-state index is 12.5. The van der Waals surface area contributed by atoms with E-state index in [1.165, 1.54) is 289 Å². The van der Waals surface area contributed by atoms with Crippen LogP contribution < -0.4 is 5.32 Å². The fourth-order valence-corrected chi connectivity index (χ4v) is 10.8. The standard InChI is InChI=1S/C74H137NO5/c1-3-5-7-9-11-13-15-17-42-46-50-54-58-62-66-72(77)71(70-76)75-73(78)67-63-59-55-51-47-43-40-38-36-34-32-30-28-26-24-22-20-19-21-23-25-27-29-31-33-35-37-39-41-45-49-53-57-61-65-69-80-74(79)68-64-60-56-52-48-44-18-16-14-12-10-8-6-4-2/h10,12,16,18,21,23,27,29,62,66,71-72,76-77H,3-9,11,13-15,17,19-20,22,24-26,28,30-61,63-65,67-70H2,1-2H3,(H,75,78)/b12-10-,18-16-,23-21-,29-27-,66-62+. The smallest absolute Gasteiger partial charge is 0.305 e. The highest BCUT2D eigenvalue weighted by atomic mass is 16.5. The van der Waals surface area contributed by atoms with E-state index in [2.05, 4.69) is 67.8 Å². The van der Waals surface area contributed by atoms with Crippen molar-refractivity contribution in [3.05, 3.63) is 60.8 Å². The lowest BCUT2D eigenvalue weighted by Gasteiger charge is -2.20. The maximum atomic E-state index is 12.5. The van der Waals surface area contributed by atoms with E-state index in [1.807, 2.05) is 6.08 Å². The molecule has 6 heteroatoms. The second-order valence-corrected chi connectivity index (χ2v) is 24.2. The molecule has 0 spiro atoms. The quantitative estimate of drug-likeness (QED) is 0.0320. The Morgan fingerprint density at radius 1 is 0.350 bits per heavy atom. The summed E-state index contributed by atoms with van der Waals surface area (Å²) in [4.78, 5) is 24.5. The zero-order valence-corrected chi connectivity index (χ0v) is 53.6. The fraction of sp³-hybridized carbons (Fsp3) is 0.838. The van der Waals surface area contributed by atoms with Crippen molar-refractivity contribution in [3.8, 4) is 0 Å². The molecule has 468 valence electrons. The Hall–Kier alpha value is -2.44. The van der Waals surface area contributed by atoms with Gasteiger partial charge in [-0.1, -0.05) is 331 Å². The molecular formula is C74H137NO5. The monoisotopic (exact) mass is 1120 g/mol. The number of hydrogen-bond donors (Lipinski definition) is 3. The van der Waals surface area contributed by atoms with Crippen molar-refractivity contribution in [2.75, 3.05) is 13.2 Å². The Morgan fingerprint density at radius 2 is 0.637 bits per heavy atom. The molecule has 0 aromatic heterocycles. The molecule has 6 nitrogen and oxygen atoms in total. The molecule has 1 amide bonds. The molecule has 0 rings (SSSR count). The van der Waals surface area contributed by atoms with Gasteiger partial charge in [-0.05, 0) is 89.9 Å². The number of unbranched alkanes of at least 4 members (excludes halogenated alkanes) is 47. The first-order valence-corrected chi connectivity index (χ1v) is 35.6. The van der Waals surface area contributed by atoms with Crippen molar-refractivity contribution in [1.82, 2.24) is 5.32 Å². The third kappa shape index (κ3) is 64.7. The van der Waals surface area contributed by atoms with E-state index in [9.17, 15) is 19.8 Å². The number of esters is 1. The van der Waals surface area contributed by atoms with E-state index in [0.717, 1.165) is 57.8 Å². The van der Waals surface area contributed by atoms with Crippen molar-refractivity contribution in [2.24, 2.45) is 0 Å². The van der Waals surface area contributed by atoms with Gasteiger partial charge >= 0.3 is 5.97 Å². The molecule has 0 bridgehead atoms. The Bertz CT molecular complexity index is 1380. The van der Waals surface area contributed by atoms with Crippen molar-refractivity contribution in [1.29, 1.82) is 0 Å². The van der Waals surface area contributed by atoms with Crippen LogP contribution in [0, 0.1) is 0 Å². The molecular weight excluding hydrogens is 983 g/mol. The summed E-state index contributed by atoms with van der Waals surface area (Å²) < 4.78 is 5.48. The first-order chi connectivity index (χ1) is 39.5. The number of aliphatic hydroxyl groups is 2. The van der Waals surface area contributed by atoms with Crippen LogP contribution in [-0.2, 0) is 14.3 Å². The van der Waals surface area contributed by atoms with Crippen molar-refractivity contribution >= 4 is 11.9 Å². The summed E-state index contributed by atoms with van der Waals surface area (Å²) in [6.07, 6.45) is 91.7. The highest BCUT2D eigenvalue weighted by Gasteiger charge is 2.18. The summed E-state index contributed by atoms with van der Waals surface area (Å²) in [5, 5.41) is 23.1. The van der Waals surface area contributed by atoms with Crippen LogP contribution in [0.2, 0.25) is 0 Å². The summed E-state index contributed by atoms with van der Waals surface area (Å²) in [6.45, 7) is 4.87. The second-order valence-electron chi connectivity index (χ2n) is 24.2. The van der Waals surface area contributed by atoms with Gasteiger partial charge in [-0.25, -0.2) is 0 Å². The van der Waals surface area contributed by atoms with Gasteiger partial charge in [-0.3, -0.25) is 9.59 Å². The van der Waals surface area contributed by atoms with E-state index in [-0.39, 0.29) is 18.5 Å². The minimum atomic E-state index is -0.843. The van der Waals surface area contributed by atoms with Crippen LogP contribution in [-0.4, -0.2) is 47.4 Å². The molecule has 0 aliphatic carbocycles. The molecule has 0 aromatic carbocycles. The van der Waals surface area contributed by atoms with Gasteiger partial charge in [0.25, 0.3) is 0 Å². The largest absolute Gasteiger partial charge is 0.466 e. The van der Waals surface area contributed by atoms with Crippen LogP contribution in [0.4, 0.5) is 0 Å². The number of allylic oxidation sites excluding steroid dienone is 9. The van der Waals surface area contributed by atoms with E-state index >= 15 is 0 Å². The number of aliphatic hydroxyl groups excluding tert-OH is 2. The number of amides is 1. The molecule has 0 saturated carbocycles. The van der Waals surface area contributed by atoms with Gasteiger partial charge in [-0.2, -0.15) is 0 Å². The van der Waals surface area contributed by atoms with Crippen LogP contribution in [0.25, 0.3) is 0 Å². The molecule has 0 radical (unpaired) electrons. The highest BCUT2D eigenvalue weighted by Crippen LogP contribution is 2.18. The predicted octanol–water partition coefficient (Wildman–Crippen LogP) is 23.0. The first kappa shape index (κ1) is 77.6. The molecule has 0 aliphatic heterocycles. The molecule has 3 N–H and O–H groups in total. The number of hydrogen-bond acceptors (Lipinski definition) is 5. The third-order valence-electron chi connectivity index (χ3n) is 16.3. The lowest BCUT2D eigenvalue weighted by Crippen LogP contribution is -2.45. The fourth-order valence-electron chi connectivity index (χ4n) is 10.8. The first-order valence-electron chi connectivity index (χ1n) is 35.6. The predicted molar refractivity (Wildman–Crippen MR) is 352 cm³/mol. The van der Waals surface area contributed by atoms with E-state index in [1.54, 1.807) is 6.08 Å². The minimum absolute atomic E-state index is 0.00161. The van der Waals surface area contributed by atoms with Gasteiger partial charge in [0.05, 0.1) is 25.4 Å². The summed E-state index contributed by atoms with van der Waals surface area (Å²) in [5.41, 5.74) is 0. The summed E-state index contributed by atoms with van der Waals surface area (Å²) in [7, 11) is 0. The zero-order chi connectivity index (χ0) is 57.8. The minimum Gasteiger partial charge on any atom is -0.466 e. The Labute approximate surface area is 499 Å². The Balaban J connectivity index is 3.39. The molecule has 2 unspecified atom stereocenters. The van der Waals surface area contributed by atoms with Crippen LogP contribution in [0.3, 0.4) is 0 Å². The second kappa shape index (κ2) is 69.1. The molecule has 80 heavy (non-hydrogen) atoms. The molecule has 0 heterocycles. The lowest BCUT2D eigenvalue weighted by molar-refractivity contribution is -0.143. The molecule has 0 saturated heterocycles. The molecule has 0 fully saturated rings. The highest BCUT2D eigenvalue weighted by molar-refractivity contribution is 5.76. The number of nitrogens with one attached hydrogen (secondary N) is 1. The van der Waals surface area contributed by atoms with Gasteiger partial charge in [-0.15, -0.1) is 0 Å². The van der Waals surface area contributed by atoms with E-state index in [4.69, 9.17) is 4.74 Å². The van der Waals surface area contributed by atoms with Crippen LogP contribution in [0.15, 0.2) is 60.8 Å². The van der Waals surface area contributed by atoms with Gasteiger partial charge in [0.2, 0.25) is 5.91 Å². The van der Waals surface area contributed by atoms with Crippen LogP contribution in [0.1, 0.15) is 373 Å². The van der Waals surface area contributed by atoms with Crippen molar-refractivity contribution in [3.63, 3.8) is 0 Å². The average Bonchev–Trinajstić information content (AvgIpc) is 3.46. The molecule has 0 aromatic rings. The van der Waals surface area contributed by atoms with E-state index < -0.39 is 12.1 Å².